The maximum absolute atomic E-state index is 12.3. The highest BCUT2D eigenvalue weighted by molar-refractivity contribution is 5.85. The number of piperidine rings is 2. The molecule has 2 heterocycles. The Morgan fingerprint density at radius 1 is 1.13 bits per heavy atom. The fourth-order valence-electron chi connectivity index (χ4n) is 3.29. The van der Waals surface area contributed by atoms with E-state index in [2.05, 4.69) is 10.6 Å². The van der Waals surface area contributed by atoms with Crippen molar-refractivity contribution in [3.05, 3.63) is 0 Å². The molecule has 0 unspecified atom stereocenters. The summed E-state index contributed by atoms with van der Waals surface area (Å²) >= 11 is 0. The summed E-state index contributed by atoms with van der Waals surface area (Å²) in [5, 5.41) is 6.28. The van der Waals surface area contributed by atoms with Crippen molar-refractivity contribution in [3.63, 3.8) is 0 Å². The lowest BCUT2D eigenvalue weighted by Crippen LogP contribution is -2.47. The minimum Gasteiger partial charge on any atom is -0.353 e. The first-order valence-electron chi connectivity index (χ1n) is 8.21. The molecule has 0 aliphatic carbocycles. The Kier molecular flexibility index (Phi) is 8.64. The van der Waals surface area contributed by atoms with Crippen molar-refractivity contribution in [3.8, 4) is 0 Å². The molecule has 0 aromatic carbocycles. The van der Waals surface area contributed by atoms with Crippen LogP contribution in [0.25, 0.3) is 0 Å². The number of carbonyl (C=O) groups is 1. The molecule has 1 amide bonds. The molecule has 2 rings (SSSR count). The third-order valence-corrected chi connectivity index (χ3v) is 4.59. The molecule has 0 saturated carbocycles. The monoisotopic (exact) mass is 357 g/mol. The van der Waals surface area contributed by atoms with Crippen LogP contribution in [-0.2, 0) is 4.79 Å². The molecule has 4 nitrogen and oxygen atoms in total. The molecule has 0 bridgehead atoms. The maximum Gasteiger partial charge on any atom is 0.401 e. The highest BCUT2D eigenvalue weighted by Crippen LogP contribution is 2.20. The molecular weight excluding hydrogens is 331 g/mol. The van der Waals surface area contributed by atoms with Gasteiger partial charge in [0.1, 0.15) is 0 Å². The van der Waals surface area contributed by atoms with Crippen molar-refractivity contribution in [2.75, 3.05) is 32.7 Å². The van der Waals surface area contributed by atoms with Crippen molar-refractivity contribution >= 4 is 18.3 Å². The van der Waals surface area contributed by atoms with Crippen LogP contribution in [0.3, 0.4) is 0 Å². The number of alkyl halides is 3. The van der Waals surface area contributed by atoms with Gasteiger partial charge in [0.15, 0.2) is 0 Å². The van der Waals surface area contributed by atoms with Gasteiger partial charge in [0.25, 0.3) is 0 Å². The van der Waals surface area contributed by atoms with Crippen LogP contribution in [-0.4, -0.2) is 55.7 Å². The summed E-state index contributed by atoms with van der Waals surface area (Å²) < 4.78 is 36.9. The summed E-state index contributed by atoms with van der Waals surface area (Å²) in [5.74, 6) is 0.674. The average molecular weight is 358 g/mol. The first kappa shape index (κ1) is 20.5. The molecule has 0 spiro atoms. The predicted molar refractivity (Wildman–Crippen MR) is 85.7 cm³/mol. The van der Waals surface area contributed by atoms with Gasteiger partial charge in [-0.25, -0.2) is 0 Å². The van der Waals surface area contributed by atoms with Crippen molar-refractivity contribution in [1.29, 1.82) is 0 Å². The van der Waals surface area contributed by atoms with Gasteiger partial charge in [-0.15, -0.1) is 12.4 Å². The van der Waals surface area contributed by atoms with E-state index in [1.165, 1.54) is 4.90 Å². The topological polar surface area (TPSA) is 44.4 Å². The highest BCUT2D eigenvalue weighted by atomic mass is 35.5. The number of rotatable bonds is 5. The second kappa shape index (κ2) is 9.69. The zero-order valence-corrected chi connectivity index (χ0v) is 14.1. The zero-order valence-electron chi connectivity index (χ0n) is 13.3. The first-order chi connectivity index (χ1) is 10.4. The fraction of sp³-hybridized carbons (Fsp3) is 0.933. The van der Waals surface area contributed by atoms with Crippen molar-refractivity contribution in [2.45, 2.75) is 50.7 Å². The Morgan fingerprint density at radius 2 is 1.74 bits per heavy atom. The molecular formula is C15H27ClF3N3O. The molecule has 2 saturated heterocycles. The number of hydrogen-bond acceptors (Lipinski definition) is 3. The van der Waals surface area contributed by atoms with Crippen LogP contribution in [0.15, 0.2) is 0 Å². The van der Waals surface area contributed by atoms with Gasteiger partial charge in [0.2, 0.25) is 5.91 Å². The van der Waals surface area contributed by atoms with E-state index in [1.54, 1.807) is 0 Å². The summed E-state index contributed by atoms with van der Waals surface area (Å²) in [4.78, 5) is 13.4. The molecule has 2 N–H and O–H groups in total. The second-order valence-corrected chi connectivity index (χ2v) is 6.47. The van der Waals surface area contributed by atoms with Crippen LogP contribution in [0.5, 0.6) is 0 Å². The molecule has 8 heteroatoms. The molecule has 0 aromatic rings. The number of nitrogens with one attached hydrogen (secondary N) is 2. The lowest BCUT2D eigenvalue weighted by atomic mass is 9.93. The molecule has 0 aromatic heterocycles. The minimum atomic E-state index is -4.13. The predicted octanol–water partition coefficient (Wildman–Crippen LogP) is 2.33. The van der Waals surface area contributed by atoms with Crippen LogP contribution >= 0.6 is 12.4 Å². The third-order valence-electron chi connectivity index (χ3n) is 4.59. The maximum atomic E-state index is 12.3. The van der Waals surface area contributed by atoms with Gasteiger partial charge in [0, 0.05) is 25.6 Å². The molecule has 2 aliphatic heterocycles. The molecule has 23 heavy (non-hydrogen) atoms. The Bertz CT molecular complexity index is 354. The van der Waals surface area contributed by atoms with E-state index in [0.29, 0.717) is 38.3 Å². The van der Waals surface area contributed by atoms with E-state index < -0.39 is 12.7 Å². The number of carbonyl (C=O) groups excluding carboxylic acids is 1. The fourth-order valence-corrected chi connectivity index (χ4v) is 3.29. The van der Waals surface area contributed by atoms with Crippen LogP contribution in [0.2, 0.25) is 0 Å². The van der Waals surface area contributed by atoms with Gasteiger partial charge in [-0.3, -0.25) is 9.69 Å². The Labute approximate surface area is 142 Å². The largest absolute Gasteiger partial charge is 0.401 e. The van der Waals surface area contributed by atoms with Gasteiger partial charge in [-0.2, -0.15) is 13.2 Å². The molecule has 0 radical (unpaired) electrons. The van der Waals surface area contributed by atoms with E-state index >= 15 is 0 Å². The van der Waals surface area contributed by atoms with Crippen LogP contribution in [0, 0.1) is 5.92 Å². The Hall–Kier alpha value is -0.530. The average Bonchev–Trinajstić information content (AvgIpc) is 2.47. The second-order valence-electron chi connectivity index (χ2n) is 6.47. The Balaban J connectivity index is 0.00000264. The van der Waals surface area contributed by atoms with Crippen LogP contribution in [0.1, 0.15) is 38.5 Å². The number of nitrogens with zero attached hydrogens (tertiary/aromatic N) is 1. The van der Waals surface area contributed by atoms with Crippen LogP contribution in [0.4, 0.5) is 13.2 Å². The number of likely N-dealkylation sites (tertiary alicyclic amines) is 1. The number of halogens is 4. The molecule has 0 atom stereocenters. The van der Waals surface area contributed by atoms with E-state index in [4.69, 9.17) is 0 Å². The smallest absolute Gasteiger partial charge is 0.353 e. The van der Waals surface area contributed by atoms with Crippen LogP contribution < -0.4 is 10.6 Å². The van der Waals surface area contributed by atoms with Gasteiger partial charge in [-0.05, 0) is 51.1 Å². The van der Waals surface area contributed by atoms with E-state index in [9.17, 15) is 18.0 Å². The zero-order chi connectivity index (χ0) is 16.0. The van der Waals surface area contributed by atoms with Gasteiger partial charge in [0.05, 0.1) is 6.54 Å². The van der Waals surface area contributed by atoms with Crippen molar-refractivity contribution in [2.24, 2.45) is 5.92 Å². The standard InChI is InChI=1S/C15H26F3N3O.ClH/c16-15(17,18)11-21-9-5-13(6-10-21)20-14(22)2-1-12-3-7-19-8-4-12;/h12-13,19H,1-11H2,(H,20,22);1H. The van der Waals surface area contributed by atoms with Gasteiger partial charge >= 0.3 is 6.18 Å². The van der Waals surface area contributed by atoms with Crippen molar-refractivity contribution < 1.29 is 18.0 Å². The minimum absolute atomic E-state index is 0. The highest BCUT2D eigenvalue weighted by Gasteiger charge is 2.32. The number of amides is 1. The summed E-state index contributed by atoms with van der Waals surface area (Å²) in [6.45, 7) is 2.02. The molecule has 136 valence electrons. The van der Waals surface area contributed by atoms with Gasteiger partial charge in [-0.1, -0.05) is 0 Å². The first-order valence-corrected chi connectivity index (χ1v) is 8.21. The van der Waals surface area contributed by atoms with E-state index in [0.717, 1.165) is 32.4 Å². The summed E-state index contributed by atoms with van der Waals surface area (Å²) in [7, 11) is 0. The van der Waals surface area contributed by atoms with E-state index in [1.807, 2.05) is 0 Å². The normalized spacial score (nSPS) is 21.7. The van der Waals surface area contributed by atoms with Gasteiger partial charge < -0.3 is 10.6 Å². The molecule has 2 fully saturated rings. The SMILES string of the molecule is Cl.O=C(CCC1CCNCC1)NC1CCN(CC(F)(F)F)CC1. The molecule has 2 aliphatic rings. The lowest BCUT2D eigenvalue weighted by Gasteiger charge is -2.32. The number of hydrogen-bond donors (Lipinski definition) is 2. The van der Waals surface area contributed by atoms with E-state index in [-0.39, 0.29) is 24.4 Å². The summed E-state index contributed by atoms with van der Waals surface area (Å²) in [6.07, 6.45) is 0.787. The third kappa shape index (κ3) is 8.22. The lowest BCUT2D eigenvalue weighted by molar-refractivity contribution is -0.148. The quantitative estimate of drug-likeness (QED) is 0.793. The summed E-state index contributed by atoms with van der Waals surface area (Å²) in [6, 6.07) is 0.0324. The summed E-state index contributed by atoms with van der Waals surface area (Å²) in [5.41, 5.74) is 0. The Morgan fingerprint density at radius 3 is 2.30 bits per heavy atom. The van der Waals surface area contributed by atoms with Crippen molar-refractivity contribution in [1.82, 2.24) is 15.5 Å².